The molecule has 0 fully saturated rings. The minimum absolute atomic E-state index is 0.148. The number of carboxylic acids is 2. The summed E-state index contributed by atoms with van der Waals surface area (Å²) in [7, 11) is 3.04. The monoisotopic (exact) mass is 526 g/mol. The second-order valence-corrected chi connectivity index (χ2v) is 9.37. The molecule has 33 heavy (non-hydrogen) atoms. The SMILES string of the molecule is CCOc1ccccc1-c1nc(C(=O)NCCSSCCC(=O)O)cs1.O=C(O)C(F)(F)F. The summed E-state index contributed by atoms with van der Waals surface area (Å²) in [5, 5.41) is 21.0. The maximum Gasteiger partial charge on any atom is 0.490 e. The van der Waals surface area contributed by atoms with Crippen LogP contribution in [0, 0.1) is 0 Å². The maximum absolute atomic E-state index is 12.2. The first-order valence-electron chi connectivity index (χ1n) is 9.28. The molecule has 182 valence electrons. The van der Waals surface area contributed by atoms with Gasteiger partial charge in [0.25, 0.3) is 5.91 Å². The molecule has 8 nitrogen and oxygen atoms in total. The summed E-state index contributed by atoms with van der Waals surface area (Å²) in [5.74, 6) is -1.74. The van der Waals surface area contributed by atoms with Gasteiger partial charge in [0.2, 0.25) is 0 Å². The first kappa shape index (κ1) is 28.6. The largest absolute Gasteiger partial charge is 0.493 e. The zero-order chi connectivity index (χ0) is 24.9. The number of thiazole rings is 1. The fourth-order valence-corrected chi connectivity index (χ4v) is 4.69. The Bertz CT molecular complexity index is 924. The summed E-state index contributed by atoms with van der Waals surface area (Å²) in [4.78, 5) is 35.9. The maximum atomic E-state index is 12.2. The van der Waals surface area contributed by atoms with Crippen LogP contribution in [-0.2, 0) is 9.59 Å². The molecule has 0 atom stereocenters. The molecule has 0 spiro atoms. The summed E-state index contributed by atoms with van der Waals surface area (Å²) in [6.45, 7) is 3.00. The van der Waals surface area contributed by atoms with E-state index < -0.39 is 18.1 Å². The second-order valence-electron chi connectivity index (χ2n) is 5.81. The predicted molar refractivity (Wildman–Crippen MR) is 122 cm³/mol. The molecule has 0 saturated heterocycles. The molecule has 0 radical (unpaired) electrons. The number of nitrogens with one attached hydrogen (secondary N) is 1. The van der Waals surface area contributed by atoms with E-state index in [-0.39, 0.29) is 12.3 Å². The number of carboxylic acid groups (broad SMARTS) is 2. The number of rotatable bonds is 11. The quantitative estimate of drug-likeness (QED) is 0.288. The van der Waals surface area contributed by atoms with E-state index in [9.17, 15) is 22.8 Å². The normalized spacial score (nSPS) is 10.7. The van der Waals surface area contributed by atoms with Crippen molar-refractivity contribution in [3.63, 3.8) is 0 Å². The molecule has 1 aromatic heterocycles. The van der Waals surface area contributed by atoms with Gasteiger partial charge in [-0.15, -0.1) is 11.3 Å². The van der Waals surface area contributed by atoms with Gasteiger partial charge < -0.3 is 20.3 Å². The number of hydrogen-bond donors (Lipinski definition) is 3. The van der Waals surface area contributed by atoms with Crippen molar-refractivity contribution < 1.29 is 42.5 Å². The van der Waals surface area contributed by atoms with E-state index in [2.05, 4.69) is 10.3 Å². The van der Waals surface area contributed by atoms with Gasteiger partial charge in [-0.05, 0) is 19.1 Å². The number of aliphatic carboxylic acids is 2. The molecule has 14 heteroatoms. The predicted octanol–water partition coefficient (Wildman–Crippen LogP) is 4.43. The van der Waals surface area contributed by atoms with Gasteiger partial charge in [0.05, 0.1) is 18.6 Å². The standard InChI is InChI=1S/C17H20N2O4S3.C2HF3O2/c1-2-23-14-6-4-3-5-12(14)17-19-13(11-24-17)16(22)18-8-10-26-25-9-7-15(20)21;3-2(4,5)1(6)7/h3-6,11H,2,7-10H2,1H3,(H,18,22)(H,20,21);(H,6,7). The van der Waals surface area contributed by atoms with E-state index in [0.717, 1.165) is 16.3 Å². The molecule has 1 amide bonds. The van der Waals surface area contributed by atoms with Crippen molar-refractivity contribution in [3.8, 4) is 16.3 Å². The van der Waals surface area contributed by atoms with Crippen LogP contribution >= 0.6 is 32.9 Å². The number of alkyl halides is 3. The van der Waals surface area contributed by atoms with E-state index in [4.69, 9.17) is 19.7 Å². The highest BCUT2D eigenvalue weighted by Crippen LogP contribution is 2.32. The van der Waals surface area contributed by atoms with Gasteiger partial charge in [0.1, 0.15) is 16.5 Å². The number of aromatic nitrogens is 1. The summed E-state index contributed by atoms with van der Waals surface area (Å²) < 4.78 is 37.3. The topological polar surface area (TPSA) is 126 Å². The summed E-state index contributed by atoms with van der Waals surface area (Å²) in [5.41, 5.74) is 1.27. The molecule has 0 aliphatic carbocycles. The van der Waals surface area contributed by atoms with Gasteiger partial charge >= 0.3 is 18.1 Å². The number of para-hydroxylation sites is 1. The zero-order valence-corrected chi connectivity index (χ0v) is 19.7. The highest BCUT2D eigenvalue weighted by atomic mass is 33.1. The van der Waals surface area contributed by atoms with Crippen LogP contribution in [0.3, 0.4) is 0 Å². The molecule has 1 heterocycles. The number of amides is 1. The number of hydrogen-bond acceptors (Lipinski definition) is 8. The minimum atomic E-state index is -5.08. The number of halogens is 3. The molecular formula is C19H21F3N2O6S3. The van der Waals surface area contributed by atoms with Gasteiger partial charge in [0.15, 0.2) is 0 Å². The molecular weight excluding hydrogens is 505 g/mol. The third-order valence-corrected chi connectivity index (χ3v) is 6.63. The lowest BCUT2D eigenvalue weighted by Crippen LogP contribution is -2.25. The summed E-state index contributed by atoms with van der Waals surface area (Å²) in [6, 6.07) is 7.63. The third kappa shape index (κ3) is 11.3. The van der Waals surface area contributed by atoms with Crippen molar-refractivity contribution >= 4 is 50.8 Å². The Morgan fingerprint density at radius 3 is 2.39 bits per heavy atom. The molecule has 2 rings (SSSR count). The lowest BCUT2D eigenvalue weighted by Gasteiger charge is -2.07. The van der Waals surface area contributed by atoms with Crippen LogP contribution < -0.4 is 10.1 Å². The average molecular weight is 527 g/mol. The molecule has 3 N–H and O–H groups in total. The Labute approximate surface area is 199 Å². The van der Waals surface area contributed by atoms with E-state index in [1.807, 2.05) is 31.2 Å². The molecule has 0 unspecified atom stereocenters. The van der Waals surface area contributed by atoms with Crippen molar-refractivity contribution in [1.82, 2.24) is 10.3 Å². The highest BCUT2D eigenvalue weighted by Gasteiger charge is 2.38. The lowest BCUT2D eigenvalue weighted by molar-refractivity contribution is -0.192. The number of carbonyl (C=O) groups excluding carboxylic acids is 1. The van der Waals surface area contributed by atoms with Gasteiger partial charge in [0, 0.05) is 23.4 Å². The Balaban J connectivity index is 0.000000675. The number of ether oxygens (including phenoxy) is 1. The van der Waals surface area contributed by atoms with Crippen molar-refractivity contribution in [2.75, 3.05) is 24.7 Å². The smallest absolute Gasteiger partial charge is 0.490 e. The fourth-order valence-electron chi connectivity index (χ4n) is 1.97. The summed E-state index contributed by atoms with van der Waals surface area (Å²) >= 11 is 1.41. The Morgan fingerprint density at radius 2 is 1.79 bits per heavy atom. The number of benzene rings is 1. The van der Waals surface area contributed by atoms with Gasteiger partial charge in [-0.1, -0.05) is 33.7 Å². The van der Waals surface area contributed by atoms with E-state index >= 15 is 0 Å². The molecule has 0 bridgehead atoms. The molecule has 0 saturated carbocycles. The van der Waals surface area contributed by atoms with Crippen molar-refractivity contribution in [1.29, 1.82) is 0 Å². The summed E-state index contributed by atoms with van der Waals surface area (Å²) in [6.07, 6.45) is -4.94. The van der Waals surface area contributed by atoms with Gasteiger partial charge in [-0.3, -0.25) is 9.59 Å². The zero-order valence-electron chi connectivity index (χ0n) is 17.3. The number of carbonyl (C=O) groups is 3. The number of nitrogens with zero attached hydrogens (tertiary/aromatic N) is 1. The first-order chi connectivity index (χ1) is 15.6. The second kappa shape index (κ2) is 14.6. The van der Waals surface area contributed by atoms with Crippen LogP contribution in [0.15, 0.2) is 29.6 Å². The van der Waals surface area contributed by atoms with E-state index in [0.29, 0.717) is 30.4 Å². The molecule has 0 aliphatic rings. The van der Waals surface area contributed by atoms with Crippen LogP contribution in [0.2, 0.25) is 0 Å². The lowest BCUT2D eigenvalue weighted by atomic mass is 10.2. The van der Waals surface area contributed by atoms with Gasteiger partial charge in [-0.25, -0.2) is 9.78 Å². The Kier molecular flexibility index (Phi) is 12.7. The van der Waals surface area contributed by atoms with Crippen molar-refractivity contribution in [2.45, 2.75) is 19.5 Å². The van der Waals surface area contributed by atoms with Crippen molar-refractivity contribution in [2.24, 2.45) is 0 Å². The van der Waals surface area contributed by atoms with Crippen LogP contribution in [0.5, 0.6) is 5.75 Å². The third-order valence-electron chi connectivity index (χ3n) is 3.35. The Hall–Kier alpha value is -2.45. The highest BCUT2D eigenvalue weighted by molar-refractivity contribution is 8.76. The van der Waals surface area contributed by atoms with Crippen molar-refractivity contribution in [3.05, 3.63) is 35.3 Å². The van der Waals surface area contributed by atoms with E-state index in [1.54, 1.807) is 16.2 Å². The first-order valence-corrected chi connectivity index (χ1v) is 12.6. The van der Waals surface area contributed by atoms with Gasteiger partial charge in [-0.2, -0.15) is 13.2 Å². The molecule has 1 aromatic carbocycles. The van der Waals surface area contributed by atoms with E-state index in [1.165, 1.54) is 22.1 Å². The fraction of sp³-hybridized carbons (Fsp3) is 0.368. The minimum Gasteiger partial charge on any atom is -0.493 e. The van der Waals surface area contributed by atoms with Crippen LogP contribution in [-0.4, -0.2) is 63.9 Å². The van der Waals surface area contributed by atoms with Crippen LogP contribution in [0.25, 0.3) is 10.6 Å². The molecule has 2 aromatic rings. The average Bonchev–Trinajstić information content (AvgIpc) is 3.23. The Morgan fingerprint density at radius 1 is 1.15 bits per heavy atom. The molecule has 0 aliphatic heterocycles. The van der Waals surface area contributed by atoms with Crippen LogP contribution in [0.1, 0.15) is 23.8 Å². The van der Waals surface area contributed by atoms with Crippen LogP contribution in [0.4, 0.5) is 13.2 Å².